The van der Waals surface area contributed by atoms with Crippen molar-refractivity contribution in [2.24, 2.45) is 4.99 Å². The van der Waals surface area contributed by atoms with Gasteiger partial charge in [0, 0.05) is 5.54 Å². The van der Waals surface area contributed by atoms with Crippen LogP contribution in [-0.4, -0.2) is 33.3 Å². The molecule has 0 aliphatic carbocycles. The topological polar surface area (TPSA) is 83.7 Å². The third-order valence-electron chi connectivity index (χ3n) is 4.28. The van der Waals surface area contributed by atoms with Crippen LogP contribution in [0.4, 0.5) is 10.1 Å². The van der Waals surface area contributed by atoms with Gasteiger partial charge in [-0.15, -0.1) is 4.99 Å². The molecule has 0 radical (unpaired) electrons. The number of nitrogens with one attached hydrogen (secondary N) is 2. The molecule has 1 unspecified atom stereocenters. The Morgan fingerprint density at radius 3 is 2.57 bits per heavy atom. The van der Waals surface area contributed by atoms with E-state index >= 15 is 0 Å². The highest BCUT2D eigenvalue weighted by atomic mass is 19.1. The Morgan fingerprint density at radius 1 is 1.39 bits per heavy atom. The van der Waals surface area contributed by atoms with Crippen molar-refractivity contribution < 1.29 is 9.60 Å². The second-order valence-corrected chi connectivity index (χ2v) is 6.84. The molecular formula is C16H22FN5O. The van der Waals surface area contributed by atoms with Crippen LogP contribution in [0, 0.1) is 17.3 Å². The van der Waals surface area contributed by atoms with Crippen molar-refractivity contribution >= 4 is 11.6 Å². The molecule has 0 saturated carbocycles. The molecule has 1 aromatic carbocycles. The fourth-order valence-electron chi connectivity index (χ4n) is 2.99. The number of aliphatic imine (C=N–C) groups is 1. The van der Waals surface area contributed by atoms with E-state index in [1.807, 2.05) is 27.7 Å². The van der Waals surface area contributed by atoms with Gasteiger partial charge in [-0.2, -0.15) is 10.3 Å². The minimum Gasteiger partial charge on any atom is -0.350 e. The first kappa shape index (κ1) is 17.2. The van der Waals surface area contributed by atoms with Gasteiger partial charge < -0.3 is 15.8 Å². The molecular weight excluding hydrogens is 297 g/mol. The molecule has 0 amide bonds. The maximum atomic E-state index is 13.8. The average molecular weight is 319 g/mol. The fourth-order valence-corrected chi connectivity index (χ4v) is 2.99. The molecule has 1 aliphatic rings. The van der Waals surface area contributed by atoms with Crippen molar-refractivity contribution in [3.63, 3.8) is 0 Å². The lowest BCUT2D eigenvalue weighted by Gasteiger charge is -2.36. The molecule has 6 nitrogen and oxygen atoms in total. The van der Waals surface area contributed by atoms with E-state index in [4.69, 9.17) is 5.26 Å². The molecule has 23 heavy (non-hydrogen) atoms. The van der Waals surface area contributed by atoms with E-state index in [0.29, 0.717) is 6.42 Å². The molecule has 1 aromatic rings. The predicted octanol–water partition coefficient (Wildman–Crippen LogP) is 2.68. The van der Waals surface area contributed by atoms with E-state index in [2.05, 4.69) is 15.6 Å². The van der Waals surface area contributed by atoms with Crippen molar-refractivity contribution in [3.05, 3.63) is 30.1 Å². The summed E-state index contributed by atoms with van der Waals surface area (Å²) in [7, 11) is 0. The van der Waals surface area contributed by atoms with E-state index in [1.54, 1.807) is 24.4 Å². The Morgan fingerprint density at radius 2 is 2.04 bits per heavy atom. The van der Waals surface area contributed by atoms with Crippen LogP contribution in [0.2, 0.25) is 0 Å². The zero-order valence-corrected chi connectivity index (χ0v) is 13.8. The predicted molar refractivity (Wildman–Crippen MR) is 86.4 cm³/mol. The molecule has 7 heteroatoms. The first-order valence-electron chi connectivity index (χ1n) is 7.42. The Bertz CT molecular complexity index is 650. The van der Waals surface area contributed by atoms with Gasteiger partial charge in [0.15, 0.2) is 0 Å². The van der Waals surface area contributed by atoms with Crippen LogP contribution in [0.5, 0.6) is 0 Å². The summed E-state index contributed by atoms with van der Waals surface area (Å²) >= 11 is 0. The number of nitriles is 1. The molecule has 1 saturated heterocycles. The normalized spacial score (nSPS) is 23.3. The molecule has 1 heterocycles. The zero-order chi connectivity index (χ0) is 17.3. The number of hydrogen-bond donors (Lipinski definition) is 3. The highest BCUT2D eigenvalue weighted by molar-refractivity contribution is 5.94. The van der Waals surface area contributed by atoms with E-state index in [-0.39, 0.29) is 17.7 Å². The first-order chi connectivity index (χ1) is 10.7. The number of halogens is 1. The molecule has 1 atom stereocenters. The summed E-state index contributed by atoms with van der Waals surface area (Å²) in [5.74, 6) is -0.281. The van der Waals surface area contributed by atoms with Gasteiger partial charge in [-0.05, 0) is 46.2 Å². The van der Waals surface area contributed by atoms with Crippen molar-refractivity contribution in [1.29, 1.82) is 5.26 Å². The molecule has 1 aliphatic heterocycles. The lowest BCUT2D eigenvalue weighted by Crippen LogP contribution is -2.54. The van der Waals surface area contributed by atoms with E-state index in [0.717, 1.165) is 0 Å². The first-order valence-corrected chi connectivity index (χ1v) is 7.42. The number of hydroxylamine groups is 2. The number of hydrogen-bond acceptors (Lipinski definition) is 4. The standard InChI is InChI=1S/C16H22FN5O/c1-15(2)9-13(16(3,4)22(15)23)21-14(19-10-18)20-12-8-6-5-7-11(12)17/h5-8,13,23H,9H2,1-4H3,(H2,19,20,21). The van der Waals surface area contributed by atoms with Crippen LogP contribution in [0.15, 0.2) is 29.3 Å². The van der Waals surface area contributed by atoms with Gasteiger partial charge in [0.1, 0.15) is 5.82 Å². The van der Waals surface area contributed by atoms with Crippen molar-refractivity contribution in [3.8, 4) is 6.19 Å². The number of nitrogens with zero attached hydrogens (tertiary/aromatic N) is 3. The van der Waals surface area contributed by atoms with Gasteiger partial charge >= 0.3 is 0 Å². The number of benzene rings is 1. The number of guanidine groups is 1. The van der Waals surface area contributed by atoms with E-state index in [1.165, 1.54) is 11.1 Å². The number of para-hydroxylation sites is 1. The molecule has 3 N–H and O–H groups in total. The molecule has 0 aromatic heterocycles. The largest absolute Gasteiger partial charge is 0.350 e. The van der Waals surface area contributed by atoms with Crippen LogP contribution in [0.3, 0.4) is 0 Å². The summed E-state index contributed by atoms with van der Waals surface area (Å²) in [6, 6.07) is 5.99. The lowest BCUT2D eigenvalue weighted by atomic mass is 9.94. The van der Waals surface area contributed by atoms with Gasteiger partial charge in [-0.3, -0.25) is 0 Å². The molecule has 1 fully saturated rings. The Hall–Kier alpha value is -2.17. The van der Waals surface area contributed by atoms with Crippen LogP contribution in [-0.2, 0) is 0 Å². The van der Waals surface area contributed by atoms with Gasteiger partial charge in [-0.25, -0.2) is 4.39 Å². The third kappa shape index (κ3) is 3.44. The van der Waals surface area contributed by atoms with E-state index < -0.39 is 16.9 Å². The second kappa shape index (κ2) is 6.14. The third-order valence-corrected chi connectivity index (χ3v) is 4.28. The quantitative estimate of drug-likeness (QED) is 0.443. The van der Waals surface area contributed by atoms with Gasteiger partial charge in [-0.1, -0.05) is 12.1 Å². The minimum atomic E-state index is -0.573. The highest BCUT2D eigenvalue weighted by Crippen LogP contribution is 2.39. The van der Waals surface area contributed by atoms with Crippen molar-refractivity contribution in [2.75, 3.05) is 5.32 Å². The van der Waals surface area contributed by atoms with Gasteiger partial charge in [0.2, 0.25) is 12.2 Å². The average Bonchev–Trinajstić information content (AvgIpc) is 2.62. The Balaban J connectivity index is 2.20. The summed E-state index contributed by atoms with van der Waals surface area (Å²) in [5.41, 5.74) is -0.766. The molecule has 2 rings (SSSR count). The highest BCUT2D eigenvalue weighted by Gasteiger charge is 2.51. The van der Waals surface area contributed by atoms with E-state index in [9.17, 15) is 9.60 Å². The summed E-state index contributed by atoms with van der Waals surface area (Å²) < 4.78 is 13.8. The summed E-state index contributed by atoms with van der Waals surface area (Å²) in [4.78, 5) is 3.70. The van der Waals surface area contributed by atoms with Crippen LogP contribution >= 0.6 is 0 Å². The molecule has 0 bridgehead atoms. The van der Waals surface area contributed by atoms with Gasteiger partial charge in [0.25, 0.3) is 0 Å². The smallest absolute Gasteiger partial charge is 0.212 e. The fraction of sp³-hybridized carbons (Fsp3) is 0.500. The van der Waals surface area contributed by atoms with Crippen molar-refractivity contribution in [2.45, 2.75) is 51.2 Å². The molecule has 0 spiro atoms. The second-order valence-electron chi connectivity index (χ2n) is 6.84. The van der Waals surface area contributed by atoms with Crippen LogP contribution < -0.4 is 10.6 Å². The van der Waals surface area contributed by atoms with Gasteiger partial charge in [0.05, 0.1) is 17.3 Å². The zero-order valence-electron chi connectivity index (χ0n) is 13.8. The Kier molecular flexibility index (Phi) is 4.59. The number of rotatable bonds is 2. The molecule has 124 valence electrons. The van der Waals surface area contributed by atoms with Crippen LogP contribution in [0.25, 0.3) is 0 Å². The maximum Gasteiger partial charge on any atom is 0.212 e. The minimum absolute atomic E-state index is 0.154. The van der Waals surface area contributed by atoms with Crippen LogP contribution in [0.1, 0.15) is 34.1 Å². The Labute approximate surface area is 135 Å². The lowest BCUT2D eigenvalue weighted by molar-refractivity contribution is -0.193. The maximum absolute atomic E-state index is 13.8. The summed E-state index contributed by atoms with van der Waals surface area (Å²) in [6.07, 6.45) is 2.34. The number of anilines is 1. The van der Waals surface area contributed by atoms with Crippen molar-refractivity contribution in [1.82, 2.24) is 10.4 Å². The SMILES string of the molecule is CC1(C)CC(N/C(=N/C#N)Nc2ccccc2F)C(C)(C)N1O. The summed E-state index contributed by atoms with van der Waals surface area (Å²) in [6.45, 7) is 7.66. The summed E-state index contributed by atoms with van der Waals surface area (Å²) in [5, 5.41) is 26.4. The monoisotopic (exact) mass is 319 g/mol.